The summed E-state index contributed by atoms with van der Waals surface area (Å²) in [5, 5.41) is 1.08. The van der Waals surface area contributed by atoms with Crippen LogP contribution in [0.15, 0.2) is 30.3 Å². The third-order valence-electron chi connectivity index (χ3n) is 3.95. The van der Waals surface area contributed by atoms with E-state index in [2.05, 4.69) is 24.8 Å². The van der Waals surface area contributed by atoms with Crippen molar-refractivity contribution in [3.05, 3.63) is 35.9 Å². The van der Waals surface area contributed by atoms with Crippen LogP contribution in [0, 0.1) is 5.41 Å². The number of anilines is 1. The molecule has 104 valence electrons. The second-order valence-electron chi connectivity index (χ2n) is 6.25. The highest BCUT2D eigenvalue weighted by molar-refractivity contribution is 7.80. The van der Waals surface area contributed by atoms with Gasteiger partial charge in [-0.15, -0.1) is 0 Å². The maximum absolute atomic E-state index is 5.91. The molecule has 0 saturated carbocycles. The van der Waals surface area contributed by atoms with Crippen molar-refractivity contribution in [2.24, 2.45) is 11.1 Å². The molecule has 1 aliphatic rings. The summed E-state index contributed by atoms with van der Waals surface area (Å²) >= 11 is 5.22. The van der Waals surface area contributed by atoms with Crippen molar-refractivity contribution < 1.29 is 0 Å². The Hall–Kier alpha value is -1.68. The molecule has 1 saturated heterocycles. The number of rotatable bonds is 2. The van der Waals surface area contributed by atoms with Gasteiger partial charge in [-0.05, 0) is 24.0 Å². The molecule has 0 atom stereocenters. The van der Waals surface area contributed by atoms with Gasteiger partial charge in [0.2, 0.25) is 0 Å². The van der Waals surface area contributed by atoms with Crippen LogP contribution in [0.3, 0.4) is 0 Å². The molecule has 0 bridgehead atoms. The molecule has 0 aliphatic carbocycles. The van der Waals surface area contributed by atoms with Crippen LogP contribution in [0.5, 0.6) is 0 Å². The maximum atomic E-state index is 5.91. The van der Waals surface area contributed by atoms with Crippen molar-refractivity contribution in [3.63, 3.8) is 0 Å². The van der Waals surface area contributed by atoms with Gasteiger partial charge in [0.25, 0.3) is 0 Å². The van der Waals surface area contributed by atoms with E-state index in [4.69, 9.17) is 22.9 Å². The fraction of sp³-hybridized carbons (Fsp3) is 0.375. The predicted octanol–water partition coefficient (Wildman–Crippen LogP) is 3.11. The summed E-state index contributed by atoms with van der Waals surface area (Å²) in [6.45, 7) is 6.57. The molecule has 1 aliphatic heterocycles. The standard InChI is InChI=1S/C16H19N3S/c1-16(2)7-8-19(10-16)15-12(14(17)20)9-11-5-3-4-6-13(11)18-15/h3-6,9H,7-8,10H2,1-2H3,(H2,17,20). The highest BCUT2D eigenvalue weighted by Crippen LogP contribution is 2.34. The normalized spacial score (nSPS) is 17.6. The van der Waals surface area contributed by atoms with Crippen LogP contribution in [0.25, 0.3) is 10.9 Å². The first kappa shape index (κ1) is 13.3. The molecule has 2 N–H and O–H groups in total. The first-order valence-electron chi connectivity index (χ1n) is 6.91. The fourth-order valence-electron chi connectivity index (χ4n) is 2.82. The number of thiocarbonyl (C=S) groups is 1. The molecule has 0 spiro atoms. The van der Waals surface area contributed by atoms with E-state index < -0.39 is 0 Å². The summed E-state index contributed by atoms with van der Waals surface area (Å²) < 4.78 is 0. The number of aromatic nitrogens is 1. The first-order chi connectivity index (χ1) is 9.46. The van der Waals surface area contributed by atoms with Crippen molar-refractivity contribution in [1.82, 2.24) is 4.98 Å². The molecule has 0 amide bonds. The lowest BCUT2D eigenvalue weighted by molar-refractivity contribution is 0.418. The smallest absolute Gasteiger partial charge is 0.139 e. The van der Waals surface area contributed by atoms with Crippen LogP contribution in [0.2, 0.25) is 0 Å². The second-order valence-corrected chi connectivity index (χ2v) is 6.69. The zero-order valence-electron chi connectivity index (χ0n) is 11.9. The quantitative estimate of drug-likeness (QED) is 0.861. The minimum Gasteiger partial charge on any atom is -0.389 e. The Morgan fingerprint density at radius 3 is 2.75 bits per heavy atom. The zero-order valence-corrected chi connectivity index (χ0v) is 12.7. The number of nitrogens with two attached hydrogens (primary N) is 1. The van der Waals surface area contributed by atoms with Gasteiger partial charge in [0.1, 0.15) is 10.8 Å². The van der Waals surface area contributed by atoms with Gasteiger partial charge < -0.3 is 10.6 Å². The second kappa shape index (κ2) is 4.70. The molecule has 20 heavy (non-hydrogen) atoms. The van der Waals surface area contributed by atoms with E-state index in [1.807, 2.05) is 24.3 Å². The van der Waals surface area contributed by atoms with Crippen LogP contribution < -0.4 is 10.6 Å². The number of hydrogen-bond donors (Lipinski definition) is 1. The largest absolute Gasteiger partial charge is 0.389 e. The van der Waals surface area contributed by atoms with Crippen LogP contribution in [-0.4, -0.2) is 23.1 Å². The van der Waals surface area contributed by atoms with Gasteiger partial charge in [0, 0.05) is 18.5 Å². The number of hydrogen-bond acceptors (Lipinski definition) is 3. The summed E-state index contributed by atoms with van der Waals surface area (Å²) in [5.74, 6) is 0.932. The van der Waals surface area contributed by atoms with Crippen LogP contribution in [-0.2, 0) is 0 Å². The summed E-state index contributed by atoms with van der Waals surface area (Å²) in [6, 6.07) is 10.1. The molecule has 4 heteroatoms. The molecule has 1 fully saturated rings. The topological polar surface area (TPSA) is 42.2 Å². The van der Waals surface area contributed by atoms with E-state index >= 15 is 0 Å². The van der Waals surface area contributed by atoms with Crippen molar-refractivity contribution >= 4 is 33.9 Å². The van der Waals surface area contributed by atoms with Crippen molar-refractivity contribution in [2.45, 2.75) is 20.3 Å². The molecule has 3 rings (SSSR count). The number of fused-ring (bicyclic) bond motifs is 1. The Labute approximate surface area is 124 Å². The van der Waals surface area contributed by atoms with E-state index in [-0.39, 0.29) is 0 Å². The van der Waals surface area contributed by atoms with E-state index in [1.165, 1.54) is 0 Å². The van der Waals surface area contributed by atoms with Crippen LogP contribution >= 0.6 is 12.2 Å². The van der Waals surface area contributed by atoms with E-state index in [9.17, 15) is 0 Å². The first-order valence-corrected chi connectivity index (χ1v) is 7.32. The number of para-hydroxylation sites is 1. The third-order valence-corrected chi connectivity index (χ3v) is 4.17. The predicted molar refractivity (Wildman–Crippen MR) is 88.2 cm³/mol. The van der Waals surface area contributed by atoms with Gasteiger partial charge in [-0.2, -0.15) is 0 Å². The summed E-state index contributed by atoms with van der Waals surface area (Å²) in [7, 11) is 0. The molecule has 2 heterocycles. The molecule has 0 radical (unpaired) electrons. The van der Waals surface area contributed by atoms with Gasteiger partial charge in [0.15, 0.2) is 0 Å². The van der Waals surface area contributed by atoms with Gasteiger partial charge in [-0.3, -0.25) is 0 Å². The molecule has 1 aromatic heterocycles. The fourth-order valence-corrected chi connectivity index (χ4v) is 2.97. The SMILES string of the molecule is CC1(C)CCN(c2nc3ccccc3cc2C(N)=S)C1. The summed E-state index contributed by atoms with van der Waals surface area (Å²) in [4.78, 5) is 7.53. The number of pyridine rings is 1. The van der Waals surface area contributed by atoms with Gasteiger partial charge in [-0.1, -0.05) is 44.3 Å². The lowest BCUT2D eigenvalue weighted by Crippen LogP contribution is -2.26. The van der Waals surface area contributed by atoms with Crippen molar-refractivity contribution in [3.8, 4) is 0 Å². The third kappa shape index (κ3) is 2.36. The van der Waals surface area contributed by atoms with E-state index in [1.54, 1.807) is 0 Å². The Bertz CT molecular complexity index is 678. The Kier molecular flexibility index (Phi) is 3.13. The van der Waals surface area contributed by atoms with Gasteiger partial charge in [-0.25, -0.2) is 4.98 Å². The lowest BCUT2D eigenvalue weighted by Gasteiger charge is -2.23. The highest BCUT2D eigenvalue weighted by atomic mass is 32.1. The lowest BCUT2D eigenvalue weighted by atomic mass is 9.93. The van der Waals surface area contributed by atoms with E-state index in [0.29, 0.717) is 10.4 Å². The molecular weight excluding hydrogens is 266 g/mol. The Morgan fingerprint density at radius 2 is 2.10 bits per heavy atom. The molecule has 2 aromatic rings. The summed E-state index contributed by atoms with van der Waals surface area (Å²) in [6.07, 6.45) is 1.16. The highest BCUT2D eigenvalue weighted by Gasteiger charge is 2.31. The monoisotopic (exact) mass is 285 g/mol. The van der Waals surface area contributed by atoms with Gasteiger partial charge >= 0.3 is 0 Å². The minimum atomic E-state index is 0.320. The zero-order chi connectivity index (χ0) is 14.3. The van der Waals surface area contributed by atoms with Crippen LogP contribution in [0.4, 0.5) is 5.82 Å². The number of benzene rings is 1. The summed E-state index contributed by atoms with van der Waals surface area (Å²) in [5.41, 5.74) is 8.10. The van der Waals surface area contributed by atoms with E-state index in [0.717, 1.165) is 41.8 Å². The Morgan fingerprint density at radius 1 is 1.35 bits per heavy atom. The molecule has 1 aromatic carbocycles. The maximum Gasteiger partial charge on any atom is 0.139 e. The number of nitrogens with zero attached hydrogens (tertiary/aromatic N) is 2. The molecule has 3 nitrogen and oxygen atoms in total. The van der Waals surface area contributed by atoms with Crippen molar-refractivity contribution in [2.75, 3.05) is 18.0 Å². The molecule has 0 unspecified atom stereocenters. The van der Waals surface area contributed by atoms with Crippen molar-refractivity contribution in [1.29, 1.82) is 0 Å². The van der Waals surface area contributed by atoms with Crippen LogP contribution in [0.1, 0.15) is 25.8 Å². The minimum absolute atomic E-state index is 0.320. The average molecular weight is 285 g/mol. The molecular formula is C16H19N3S. The Balaban J connectivity index is 2.13. The average Bonchev–Trinajstić information content (AvgIpc) is 2.77. The van der Waals surface area contributed by atoms with Gasteiger partial charge in [0.05, 0.1) is 11.1 Å².